The van der Waals surface area contributed by atoms with Gasteiger partial charge in [-0.3, -0.25) is 9.59 Å². The first kappa shape index (κ1) is 15.6. The summed E-state index contributed by atoms with van der Waals surface area (Å²) in [6.45, 7) is 1.13. The van der Waals surface area contributed by atoms with E-state index in [9.17, 15) is 9.59 Å². The average molecular weight is 326 g/mol. The molecule has 0 spiro atoms. The summed E-state index contributed by atoms with van der Waals surface area (Å²) in [6, 6.07) is 6.97. The molecular formula is C14H16BrNO3. The molecule has 0 saturated carbocycles. The molecule has 1 amide bonds. The lowest BCUT2D eigenvalue weighted by molar-refractivity contribution is -0.116. The van der Waals surface area contributed by atoms with E-state index in [1.54, 1.807) is 31.4 Å². The molecule has 1 aromatic carbocycles. The molecule has 0 aliphatic carbocycles. The van der Waals surface area contributed by atoms with Crippen LogP contribution in [0.15, 0.2) is 40.9 Å². The molecule has 0 fully saturated rings. The van der Waals surface area contributed by atoms with Gasteiger partial charge in [0.25, 0.3) is 0 Å². The van der Waals surface area contributed by atoms with Gasteiger partial charge < -0.3 is 10.1 Å². The van der Waals surface area contributed by atoms with Crippen molar-refractivity contribution in [3.05, 3.63) is 46.5 Å². The molecule has 0 radical (unpaired) electrons. The van der Waals surface area contributed by atoms with Gasteiger partial charge in [0.15, 0.2) is 5.78 Å². The van der Waals surface area contributed by atoms with Gasteiger partial charge in [-0.15, -0.1) is 0 Å². The van der Waals surface area contributed by atoms with Gasteiger partial charge in [-0.2, -0.15) is 0 Å². The van der Waals surface area contributed by atoms with E-state index in [1.165, 1.54) is 12.2 Å². The number of amides is 1. The Morgan fingerprint density at radius 1 is 1.26 bits per heavy atom. The number of ether oxygens (including phenoxy) is 1. The first-order chi connectivity index (χ1) is 9.13. The lowest BCUT2D eigenvalue weighted by atomic mass is 10.1. The largest absolute Gasteiger partial charge is 0.385 e. The first-order valence-electron chi connectivity index (χ1n) is 5.88. The quantitative estimate of drug-likeness (QED) is 0.475. The fraction of sp³-hybridized carbons (Fsp3) is 0.286. The number of hydrogen-bond acceptors (Lipinski definition) is 3. The number of nitrogens with one attached hydrogen (secondary N) is 1. The van der Waals surface area contributed by atoms with E-state index in [-0.39, 0.29) is 11.7 Å². The van der Waals surface area contributed by atoms with Crippen LogP contribution < -0.4 is 5.32 Å². The number of methoxy groups -OCH3 is 1. The fourth-order valence-corrected chi connectivity index (χ4v) is 1.61. The minimum atomic E-state index is -0.276. The number of halogens is 1. The first-order valence-corrected chi connectivity index (χ1v) is 6.67. The van der Waals surface area contributed by atoms with Crippen LogP contribution in [0.25, 0.3) is 0 Å². The normalized spacial score (nSPS) is 10.6. The molecular weight excluding hydrogens is 310 g/mol. The van der Waals surface area contributed by atoms with Crippen LogP contribution in [-0.2, 0) is 9.53 Å². The Morgan fingerprint density at radius 2 is 1.95 bits per heavy atom. The molecule has 0 atom stereocenters. The van der Waals surface area contributed by atoms with Crippen LogP contribution >= 0.6 is 15.9 Å². The summed E-state index contributed by atoms with van der Waals surface area (Å²) in [4.78, 5) is 23.1. The molecule has 5 heteroatoms. The van der Waals surface area contributed by atoms with E-state index in [1.807, 2.05) is 0 Å². The third-order valence-corrected chi connectivity index (χ3v) is 2.87. The molecule has 0 saturated heterocycles. The van der Waals surface area contributed by atoms with Gasteiger partial charge in [-0.05, 0) is 36.8 Å². The third-order valence-electron chi connectivity index (χ3n) is 2.34. The maximum absolute atomic E-state index is 11.7. The molecule has 4 nitrogen and oxygen atoms in total. The number of rotatable bonds is 7. The van der Waals surface area contributed by atoms with E-state index in [4.69, 9.17) is 4.74 Å². The number of carbonyl (C=O) groups excluding carboxylic acids is 2. The SMILES string of the molecule is COCCCNC(=O)/C=C/C(=O)c1ccc(Br)cc1. The Hall–Kier alpha value is -1.46. The monoisotopic (exact) mass is 325 g/mol. The third kappa shape index (κ3) is 6.31. The molecule has 19 heavy (non-hydrogen) atoms. The number of allylic oxidation sites excluding steroid dienone is 1. The van der Waals surface area contributed by atoms with Crippen LogP contribution in [0.2, 0.25) is 0 Å². The molecule has 0 heterocycles. The van der Waals surface area contributed by atoms with Gasteiger partial charge in [0, 0.05) is 36.4 Å². The zero-order chi connectivity index (χ0) is 14.1. The van der Waals surface area contributed by atoms with Crippen molar-refractivity contribution >= 4 is 27.6 Å². The van der Waals surface area contributed by atoms with Gasteiger partial charge in [-0.25, -0.2) is 0 Å². The zero-order valence-electron chi connectivity index (χ0n) is 10.7. The highest BCUT2D eigenvalue weighted by molar-refractivity contribution is 9.10. The van der Waals surface area contributed by atoms with E-state index in [0.29, 0.717) is 18.7 Å². The summed E-state index contributed by atoms with van der Waals surface area (Å²) in [5, 5.41) is 2.67. The topological polar surface area (TPSA) is 55.4 Å². The molecule has 0 unspecified atom stereocenters. The maximum Gasteiger partial charge on any atom is 0.244 e. The number of hydrogen-bond donors (Lipinski definition) is 1. The maximum atomic E-state index is 11.7. The Kier molecular flexibility index (Phi) is 7.07. The van der Waals surface area contributed by atoms with Crippen molar-refractivity contribution in [3.63, 3.8) is 0 Å². The zero-order valence-corrected chi connectivity index (χ0v) is 12.3. The average Bonchev–Trinajstić information content (AvgIpc) is 2.42. The number of ketones is 1. The van der Waals surface area contributed by atoms with E-state index in [0.717, 1.165) is 10.9 Å². The van der Waals surface area contributed by atoms with Crippen LogP contribution in [0.5, 0.6) is 0 Å². The molecule has 1 N–H and O–H groups in total. The second kappa shape index (κ2) is 8.61. The van der Waals surface area contributed by atoms with Crippen molar-refractivity contribution in [2.45, 2.75) is 6.42 Å². The van der Waals surface area contributed by atoms with Gasteiger partial charge >= 0.3 is 0 Å². The second-order valence-electron chi connectivity index (χ2n) is 3.84. The van der Waals surface area contributed by atoms with Gasteiger partial charge in [-0.1, -0.05) is 15.9 Å². The van der Waals surface area contributed by atoms with Gasteiger partial charge in [0.1, 0.15) is 0 Å². The molecule has 102 valence electrons. The van der Waals surface area contributed by atoms with Crippen molar-refractivity contribution < 1.29 is 14.3 Å². The summed E-state index contributed by atoms with van der Waals surface area (Å²) in [7, 11) is 1.61. The van der Waals surface area contributed by atoms with E-state index in [2.05, 4.69) is 21.2 Å². The highest BCUT2D eigenvalue weighted by Crippen LogP contribution is 2.11. The Bertz CT molecular complexity index is 454. The minimum absolute atomic E-state index is 0.195. The van der Waals surface area contributed by atoms with Crippen LogP contribution in [-0.4, -0.2) is 32.0 Å². The van der Waals surface area contributed by atoms with E-state index < -0.39 is 0 Å². The lowest BCUT2D eigenvalue weighted by Gasteiger charge is -2.00. The summed E-state index contributed by atoms with van der Waals surface area (Å²) in [6.07, 6.45) is 3.27. The molecule has 0 aliphatic heterocycles. The molecule has 1 aromatic rings. The summed E-state index contributed by atoms with van der Waals surface area (Å²) >= 11 is 3.29. The summed E-state index contributed by atoms with van der Waals surface area (Å²) < 4.78 is 5.77. The highest BCUT2D eigenvalue weighted by Gasteiger charge is 2.02. The smallest absolute Gasteiger partial charge is 0.244 e. The standard InChI is InChI=1S/C14H16BrNO3/c1-19-10-2-9-16-14(18)8-7-13(17)11-3-5-12(15)6-4-11/h3-8H,2,9-10H2,1H3,(H,16,18)/b8-7+. The predicted molar refractivity (Wildman–Crippen MR) is 77.1 cm³/mol. The van der Waals surface area contributed by atoms with Gasteiger partial charge in [0.2, 0.25) is 5.91 Å². The van der Waals surface area contributed by atoms with Crippen LogP contribution in [0.1, 0.15) is 16.8 Å². The van der Waals surface area contributed by atoms with Crippen molar-refractivity contribution in [2.75, 3.05) is 20.3 Å². The predicted octanol–water partition coefficient (Wildman–Crippen LogP) is 2.34. The Morgan fingerprint density at radius 3 is 2.58 bits per heavy atom. The van der Waals surface area contributed by atoms with Crippen molar-refractivity contribution in [1.29, 1.82) is 0 Å². The highest BCUT2D eigenvalue weighted by atomic mass is 79.9. The molecule has 0 aliphatic rings. The summed E-state index contributed by atoms with van der Waals surface area (Å²) in [5.74, 6) is -0.471. The van der Waals surface area contributed by atoms with Crippen molar-refractivity contribution in [3.8, 4) is 0 Å². The van der Waals surface area contributed by atoms with Crippen molar-refractivity contribution in [2.24, 2.45) is 0 Å². The molecule has 0 bridgehead atoms. The Balaban J connectivity index is 2.40. The van der Waals surface area contributed by atoms with Crippen LogP contribution in [0.3, 0.4) is 0 Å². The Labute approximate surface area is 121 Å². The molecule has 0 aromatic heterocycles. The van der Waals surface area contributed by atoms with Gasteiger partial charge in [0.05, 0.1) is 0 Å². The lowest BCUT2D eigenvalue weighted by Crippen LogP contribution is -2.23. The van der Waals surface area contributed by atoms with Crippen LogP contribution in [0, 0.1) is 0 Å². The second-order valence-corrected chi connectivity index (χ2v) is 4.76. The number of carbonyl (C=O) groups is 2. The van der Waals surface area contributed by atoms with E-state index >= 15 is 0 Å². The van der Waals surface area contributed by atoms with Crippen molar-refractivity contribution in [1.82, 2.24) is 5.32 Å². The van der Waals surface area contributed by atoms with Crippen LogP contribution in [0.4, 0.5) is 0 Å². The number of benzene rings is 1. The minimum Gasteiger partial charge on any atom is -0.385 e. The summed E-state index contributed by atoms with van der Waals surface area (Å²) in [5.41, 5.74) is 0.548. The fourth-order valence-electron chi connectivity index (χ4n) is 1.35. The molecule has 1 rings (SSSR count).